The molecule has 2 N–H and O–H groups in total. The van der Waals surface area contributed by atoms with Crippen molar-refractivity contribution in [3.05, 3.63) is 65.7 Å². The molecule has 1 unspecified atom stereocenters. The third kappa shape index (κ3) is 9.45. The second kappa shape index (κ2) is 13.6. The van der Waals surface area contributed by atoms with Gasteiger partial charge in [0.05, 0.1) is 19.8 Å². The highest BCUT2D eigenvalue weighted by atomic mass is 16.5. The van der Waals surface area contributed by atoms with Crippen molar-refractivity contribution in [3.8, 4) is 5.75 Å². The van der Waals surface area contributed by atoms with Crippen LogP contribution in [0.5, 0.6) is 5.75 Å². The van der Waals surface area contributed by atoms with E-state index >= 15 is 0 Å². The van der Waals surface area contributed by atoms with Crippen molar-refractivity contribution >= 4 is 5.96 Å². The van der Waals surface area contributed by atoms with Gasteiger partial charge in [-0.15, -0.1) is 0 Å². The Labute approximate surface area is 174 Å². The SMILES string of the molecule is CN=C(NCc1cccc(OCCOC)c1)NCC(C)COCc1ccccc1. The number of benzene rings is 2. The number of nitrogens with one attached hydrogen (secondary N) is 2. The number of methoxy groups -OCH3 is 1. The van der Waals surface area contributed by atoms with Crippen molar-refractivity contribution in [2.75, 3.05) is 40.5 Å². The Morgan fingerprint density at radius 3 is 2.55 bits per heavy atom. The molecule has 0 aliphatic carbocycles. The molecule has 0 fully saturated rings. The lowest BCUT2D eigenvalue weighted by Gasteiger charge is -2.16. The normalized spacial score (nSPS) is 12.4. The summed E-state index contributed by atoms with van der Waals surface area (Å²) in [5.74, 6) is 1.98. The van der Waals surface area contributed by atoms with Crippen LogP contribution in [0.3, 0.4) is 0 Å². The maximum absolute atomic E-state index is 5.81. The van der Waals surface area contributed by atoms with Gasteiger partial charge in [-0.25, -0.2) is 0 Å². The second-order valence-electron chi connectivity index (χ2n) is 6.90. The predicted octanol–water partition coefficient (Wildman–Crippen LogP) is 3.23. The molecule has 0 aliphatic rings. The first-order valence-corrected chi connectivity index (χ1v) is 9.98. The summed E-state index contributed by atoms with van der Waals surface area (Å²) in [6.45, 7) is 6.06. The summed E-state index contributed by atoms with van der Waals surface area (Å²) < 4.78 is 16.5. The van der Waals surface area contributed by atoms with Crippen LogP contribution in [0.1, 0.15) is 18.1 Å². The van der Waals surface area contributed by atoms with Crippen LogP contribution in [0.2, 0.25) is 0 Å². The molecule has 6 heteroatoms. The number of hydrogen-bond donors (Lipinski definition) is 2. The van der Waals surface area contributed by atoms with Crippen LogP contribution < -0.4 is 15.4 Å². The zero-order chi connectivity index (χ0) is 20.7. The average molecular weight is 400 g/mol. The third-order valence-corrected chi connectivity index (χ3v) is 4.27. The highest BCUT2D eigenvalue weighted by molar-refractivity contribution is 5.79. The first kappa shape index (κ1) is 22.7. The van der Waals surface area contributed by atoms with Crippen molar-refractivity contribution in [1.29, 1.82) is 0 Å². The van der Waals surface area contributed by atoms with Crippen LogP contribution in [0.25, 0.3) is 0 Å². The lowest BCUT2D eigenvalue weighted by molar-refractivity contribution is 0.0931. The Hall–Kier alpha value is -2.57. The van der Waals surface area contributed by atoms with Crippen LogP contribution in [0.4, 0.5) is 0 Å². The van der Waals surface area contributed by atoms with Crippen LogP contribution in [0.15, 0.2) is 59.6 Å². The summed E-state index contributed by atoms with van der Waals surface area (Å²) in [5.41, 5.74) is 2.32. The number of rotatable bonds is 12. The molecule has 0 bridgehead atoms. The van der Waals surface area contributed by atoms with E-state index in [-0.39, 0.29) is 0 Å². The van der Waals surface area contributed by atoms with Gasteiger partial charge in [-0.2, -0.15) is 0 Å². The molecule has 0 saturated heterocycles. The lowest BCUT2D eigenvalue weighted by atomic mass is 10.2. The highest BCUT2D eigenvalue weighted by Crippen LogP contribution is 2.13. The molecule has 0 aliphatic heterocycles. The molecular formula is C23H33N3O3. The van der Waals surface area contributed by atoms with Gasteiger partial charge in [0.15, 0.2) is 5.96 Å². The highest BCUT2D eigenvalue weighted by Gasteiger charge is 2.05. The lowest BCUT2D eigenvalue weighted by Crippen LogP contribution is -2.39. The van der Waals surface area contributed by atoms with E-state index in [2.05, 4.69) is 40.7 Å². The molecule has 29 heavy (non-hydrogen) atoms. The fourth-order valence-corrected chi connectivity index (χ4v) is 2.68. The largest absolute Gasteiger partial charge is 0.491 e. The van der Waals surface area contributed by atoms with Gasteiger partial charge in [-0.1, -0.05) is 49.4 Å². The van der Waals surface area contributed by atoms with E-state index in [0.29, 0.717) is 38.9 Å². The smallest absolute Gasteiger partial charge is 0.191 e. The van der Waals surface area contributed by atoms with Crippen molar-refractivity contribution in [2.45, 2.75) is 20.1 Å². The van der Waals surface area contributed by atoms with Crippen molar-refractivity contribution in [2.24, 2.45) is 10.9 Å². The summed E-state index contributed by atoms with van der Waals surface area (Å²) in [7, 11) is 3.44. The van der Waals surface area contributed by atoms with Crippen LogP contribution in [-0.4, -0.2) is 46.5 Å². The number of ether oxygens (including phenoxy) is 3. The molecule has 1 atom stereocenters. The molecule has 2 rings (SSSR count). The van der Waals surface area contributed by atoms with Gasteiger partial charge in [0, 0.05) is 27.2 Å². The quantitative estimate of drug-likeness (QED) is 0.326. The number of guanidine groups is 1. The maximum atomic E-state index is 5.81. The van der Waals surface area contributed by atoms with Crippen LogP contribution in [-0.2, 0) is 22.6 Å². The van der Waals surface area contributed by atoms with Crippen molar-refractivity contribution in [1.82, 2.24) is 10.6 Å². The zero-order valence-corrected chi connectivity index (χ0v) is 17.7. The minimum Gasteiger partial charge on any atom is -0.491 e. The Kier molecular flexibility index (Phi) is 10.6. The monoisotopic (exact) mass is 399 g/mol. The molecule has 0 aromatic heterocycles. The molecule has 0 heterocycles. The van der Waals surface area contributed by atoms with Gasteiger partial charge < -0.3 is 24.8 Å². The van der Waals surface area contributed by atoms with Crippen LogP contribution >= 0.6 is 0 Å². The van der Waals surface area contributed by atoms with Crippen molar-refractivity contribution in [3.63, 3.8) is 0 Å². The minimum absolute atomic E-state index is 0.370. The van der Waals surface area contributed by atoms with Gasteiger partial charge in [-0.05, 0) is 29.2 Å². The Bertz CT molecular complexity index is 722. The average Bonchev–Trinajstić information content (AvgIpc) is 2.75. The van der Waals surface area contributed by atoms with E-state index in [1.54, 1.807) is 14.2 Å². The number of nitrogens with zero attached hydrogens (tertiary/aromatic N) is 1. The Balaban J connectivity index is 1.67. The zero-order valence-electron chi connectivity index (χ0n) is 17.7. The first-order chi connectivity index (χ1) is 14.2. The fourth-order valence-electron chi connectivity index (χ4n) is 2.68. The minimum atomic E-state index is 0.370. The maximum Gasteiger partial charge on any atom is 0.191 e. The summed E-state index contributed by atoms with van der Waals surface area (Å²) in [6.07, 6.45) is 0. The van der Waals surface area contributed by atoms with Gasteiger partial charge in [0.25, 0.3) is 0 Å². The summed E-state index contributed by atoms with van der Waals surface area (Å²) in [5, 5.41) is 6.69. The van der Waals surface area contributed by atoms with E-state index in [9.17, 15) is 0 Å². The Morgan fingerprint density at radius 1 is 1.00 bits per heavy atom. The molecule has 0 spiro atoms. The third-order valence-electron chi connectivity index (χ3n) is 4.27. The molecule has 158 valence electrons. The van der Waals surface area contributed by atoms with Crippen LogP contribution in [0, 0.1) is 5.92 Å². The first-order valence-electron chi connectivity index (χ1n) is 9.98. The molecule has 0 saturated carbocycles. The Morgan fingerprint density at radius 2 is 1.79 bits per heavy atom. The van der Waals surface area contributed by atoms with Gasteiger partial charge in [0.2, 0.25) is 0 Å². The second-order valence-corrected chi connectivity index (χ2v) is 6.90. The summed E-state index contributed by atoms with van der Waals surface area (Å²) >= 11 is 0. The summed E-state index contributed by atoms with van der Waals surface area (Å²) in [6, 6.07) is 18.2. The van der Waals surface area contributed by atoms with Gasteiger partial charge in [-0.3, -0.25) is 4.99 Å². The molecular weight excluding hydrogens is 366 g/mol. The van der Waals surface area contributed by atoms with E-state index < -0.39 is 0 Å². The molecule has 2 aromatic rings. The molecule has 6 nitrogen and oxygen atoms in total. The van der Waals surface area contributed by atoms with E-state index in [1.807, 2.05) is 36.4 Å². The molecule has 0 amide bonds. The van der Waals surface area contributed by atoms with E-state index in [1.165, 1.54) is 5.56 Å². The molecule has 0 radical (unpaired) electrons. The molecule has 2 aromatic carbocycles. The fraction of sp³-hybridized carbons (Fsp3) is 0.435. The number of aliphatic imine (C=N–C) groups is 1. The van der Waals surface area contributed by atoms with Gasteiger partial charge >= 0.3 is 0 Å². The van der Waals surface area contributed by atoms with E-state index in [0.717, 1.165) is 23.8 Å². The number of hydrogen-bond acceptors (Lipinski definition) is 4. The summed E-state index contributed by atoms with van der Waals surface area (Å²) in [4.78, 5) is 4.29. The predicted molar refractivity (Wildman–Crippen MR) is 117 cm³/mol. The standard InChI is InChI=1S/C23H33N3O3/c1-19(17-28-18-20-8-5-4-6-9-20)15-25-23(24-2)26-16-21-10-7-11-22(14-21)29-13-12-27-3/h4-11,14,19H,12-13,15-18H2,1-3H3,(H2,24,25,26). The topological polar surface area (TPSA) is 64.1 Å². The van der Waals surface area contributed by atoms with E-state index in [4.69, 9.17) is 14.2 Å². The van der Waals surface area contributed by atoms with Crippen molar-refractivity contribution < 1.29 is 14.2 Å². The van der Waals surface area contributed by atoms with Gasteiger partial charge in [0.1, 0.15) is 12.4 Å².